The third-order valence-electron chi connectivity index (χ3n) is 7.05. The van der Waals surface area contributed by atoms with Crippen LogP contribution in [0.2, 0.25) is 0 Å². The quantitative estimate of drug-likeness (QED) is 0.682. The topological polar surface area (TPSA) is 82.2 Å². The number of anilines is 1. The lowest BCUT2D eigenvalue weighted by atomic mass is 9.90. The van der Waals surface area contributed by atoms with Crippen molar-refractivity contribution in [1.82, 2.24) is 15.1 Å². The third kappa shape index (κ3) is 6.29. The number of hydrogen-bond donors (Lipinski definition) is 1. The zero-order chi connectivity index (χ0) is 24.3. The Bertz CT molecular complexity index is 879. The summed E-state index contributed by atoms with van der Waals surface area (Å²) < 4.78 is 5.51. The molecule has 1 N–H and O–H groups in total. The summed E-state index contributed by atoms with van der Waals surface area (Å²) in [7, 11) is 0. The van der Waals surface area contributed by atoms with E-state index < -0.39 is 5.60 Å². The van der Waals surface area contributed by atoms with Crippen molar-refractivity contribution < 1.29 is 19.1 Å². The molecule has 1 aromatic rings. The van der Waals surface area contributed by atoms with Crippen LogP contribution in [-0.4, -0.2) is 79.1 Å². The van der Waals surface area contributed by atoms with Crippen LogP contribution in [-0.2, 0) is 14.3 Å². The first-order chi connectivity index (χ1) is 16.2. The van der Waals surface area contributed by atoms with Crippen LogP contribution in [0.4, 0.5) is 10.5 Å². The number of ether oxygens (including phenoxy) is 1. The number of hydrogen-bond acceptors (Lipinski definition) is 6. The highest BCUT2D eigenvalue weighted by Crippen LogP contribution is 2.27. The molecule has 3 amide bonds. The first-order valence-corrected chi connectivity index (χ1v) is 12.6. The van der Waals surface area contributed by atoms with Crippen molar-refractivity contribution in [2.75, 3.05) is 50.7 Å². The summed E-state index contributed by atoms with van der Waals surface area (Å²) in [5, 5.41) is 2.44. The summed E-state index contributed by atoms with van der Waals surface area (Å²) in [6.07, 6.45) is 2.85. The summed E-state index contributed by atoms with van der Waals surface area (Å²) in [4.78, 5) is 42.6. The zero-order valence-corrected chi connectivity index (χ0v) is 20.7. The van der Waals surface area contributed by atoms with Gasteiger partial charge in [-0.3, -0.25) is 19.8 Å². The van der Waals surface area contributed by atoms with Crippen molar-refractivity contribution in [3.63, 3.8) is 0 Å². The molecule has 3 aliphatic rings. The number of piperazine rings is 1. The van der Waals surface area contributed by atoms with Crippen LogP contribution >= 0.6 is 0 Å². The fourth-order valence-corrected chi connectivity index (χ4v) is 5.11. The summed E-state index contributed by atoms with van der Waals surface area (Å²) in [6, 6.07) is 8.25. The lowest BCUT2D eigenvalue weighted by molar-refractivity contribution is -0.134. The number of amides is 3. The Balaban J connectivity index is 1.20. The molecule has 0 aliphatic carbocycles. The molecule has 8 heteroatoms. The Labute approximate surface area is 202 Å². The second kappa shape index (κ2) is 10.3. The predicted molar refractivity (Wildman–Crippen MR) is 131 cm³/mol. The van der Waals surface area contributed by atoms with Crippen molar-refractivity contribution in [3.8, 4) is 0 Å². The minimum atomic E-state index is -0.446. The summed E-state index contributed by atoms with van der Waals surface area (Å²) in [5.74, 6) is 0.0299. The predicted octanol–water partition coefficient (Wildman–Crippen LogP) is 2.98. The van der Waals surface area contributed by atoms with E-state index in [-0.39, 0.29) is 23.8 Å². The van der Waals surface area contributed by atoms with E-state index in [0.717, 1.165) is 64.2 Å². The maximum absolute atomic E-state index is 12.3. The molecule has 0 saturated carbocycles. The van der Waals surface area contributed by atoms with Crippen molar-refractivity contribution >= 4 is 23.6 Å². The number of nitrogens with zero attached hydrogens (tertiary/aromatic N) is 3. The molecule has 3 heterocycles. The number of likely N-dealkylation sites (tertiary alicyclic amines) is 1. The molecule has 8 nitrogen and oxygen atoms in total. The normalized spacial score (nSPS) is 23.1. The second-order valence-electron chi connectivity index (χ2n) is 10.8. The van der Waals surface area contributed by atoms with E-state index in [9.17, 15) is 14.4 Å². The molecule has 1 atom stereocenters. The van der Waals surface area contributed by atoms with Crippen LogP contribution in [0.3, 0.4) is 0 Å². The van der Waals surface area contributed by atoms with Crippen molar-refractivity contribution in [2.24, 2.45) is 5.92 Å². The smallest absolute Gasteiger partial charge is 0.410 e. The van der Waals surface area contributed by atoms with Gasteiger partial charge in [-0.05, 0) is 63.6 Å². The van der Waals surface area contributed by atoms with E-state index in [1.54, 1.807) is 0 Å². The molecule has 186 valence electrons. The summed E-state index contributed by atoms with van der Waals surface area (Å²) >= 11 is 0. The molecule has 0 radical (unpaired) electrons. The molecular weight excluding hydrogens is 432 g/mol. The average molecular weight is 471 g/mol. The van der Waals surface area contributed by atoms with E-state index in [2.05, 4.69) is 27.2 Å². The maximum Gasteiger partial charge on any atom is 0.410 e. The lowest BCUT2D eigenvalue weighted by Crippen LogP contribution is -2.49. The minimum Gasteiger partial charge on any atom is -0.444 e. The van der Waals surface area contributed by atoms with Crippen LogP contribution < -0.4 is 10.2 Å². The number of carbonyl (C=O) groups is 3. The Hall–Kier alpha value is -2.61. The maximum atomic E-state index is 12.3. The monoisotopic (exact) mass is 470 g/mol. The zero-order valence-electron chi connectivity index (χ0n) is 20.7. The highest BCUT2D eigenvalue weighted by Gasteiger charge is 2.30. The average Bonchev–Trinajstić information content (AvgIpc) is 2.79. The molecule has 34 heavy (non-hydrogen) atoms. The molecule has 3 fully saturated rings. The molecule has 3 saturated heterocycles. The van der Waals surface area contributed by atoms with E-state index in [0.29, 0.717) is 18.8 Å². The molecule has 4 rings (SSSR count). The molecule has 1 unspecified atom stereocenters. The highest BCUT2D eigenvalue weighted by atomic mass is 16.6. The number of nitrogens with one attached hydrogen (secondary N) is 1. The van der Waals surface area contributed by atoms with Gasteiger partial charge in [0.25, 0.3) is 0 Å². The van der Waals surface area contributed by atoms with Gasteiger partial charge in [0.2, 0.25) is 11.8 Å². The Morgan fingerprint density at radius 3 is 2.21 bits per heavy atom. The third-order valence-corrected chi connectivity index (χ3v) is 7.05. The minimum absolute atomic E-state index is 0.177. The van der Waals surface area contributed by atoms with Crippen molar-refractivity contribution in [3.05, 3.63) is 29.8 Å². The fraction of sp³-hybridized carbons (Fsp3) is 0.654. The molecule has 1 aromatic carbocycles. The van der Waals surface area contributed by atoms with Gasteiger partial charge in [0.15, 0.2) is 0 Å². The largest absolute Gasteiger partial charge is 0.444 e. The van der Waals surface area contributed by atoms with E-state index >= 15 is 0 Å². The van der Waals surface area contributed by atoms with Gasteiger partial charge in [-0.15, -0.1) is 0 Å². The lowest BCUT2D eigenvalue weighted by Gasteiger charge is -2.39. The van der Waals surface area contributed by atoms with E-state index in [1.165, 1.54) is 5.69 Å². The van der Waals surface area contributed by atoms with Crippen LogP contribution in [0, 0.1) is 5.92 Å². The van der Waals surface area contributed by atoms with E-state index in [1.807, 2.05) is 37.8 Å². The van der Waals surface area contributed by atoms with Gasteiger partial charge in [0.05, 0.1) is 5.92 Å². The van der Waals surface area contributed by atoms with Gasteiger partial charge in [-0.1, -0.05) is 12.1 Å². The Kier molecular flexibility index (Phi) is 7.45. The van der Waals surface area contributed by atoms with Gasteiger partial charge in [0.1, 0.15) is 5.60 Å². The molecule has 3 aliphatic heterocycles. The van der Waals surface area contributed by atoms with Crippen molar-refractivity contribution in [2.45, 2.75) is 58.0 Å². The van der Waals surface area contributed by atoms with Gasteiger partial charge >= 0.3 is 6.09 Å². The van der Waals surface area contributed by atoms with Crippen LogP contribution in [0.5, 0.6) is 0 Å². The summed E-state index contributed by atoms with van der Waals surface area (Å²) in [6.45, 7) is 12.4. The first kappa shape index (κ1) is 24.5. The van der Waals surface area contributed by atoms with Crippen molar-refractivity contribution in [1.29, 1.82) is 0 Å². The van der Waals surface area contributed by atoms with Crippen LogP contribution in [0.15, 0.2) is 24.3 Å². The molecular formula is C26H38N4O4. The van der Waals surface area contributed by atoms with Gasteiger partial charge < -0.3 is 14.5 Å². The number of rotatable bonds is 4. The number of imide groups is 1. The second-order valence-corrected chi connectivity index (χ2v) is 10.8. The molecule has 0 bridgehead atoms. The fourth-order valence-electron chi connectivity index (χ4n) is 5.11. The standard InChI is InChI=1S/C26H38N4O4/c1-26(2,3)34-25(33)30-12-10-19(11-13-30)18-28-14-16-29(17-15-28)21-6-4-20(5-7-21)22-8-9-23(31)27-24(22)32/h4-7,19,22H,8-18H2,1-3H3,(H,27,31,32). The van der Waals surface area contributed by atoms with E-state index in [4.69, 9.17) is 4.74 Å². The van der Waals surface area contributed by atoms with Gasteiger partial charge in [-0.25, -0.2) is 4.79 Å². The Morgan fingerprint density at radius 1 is 0.971 bits per heavy atom. The highest BCUT2D eigenvalue weighted by molar-refractivity contribution is 6.00. The number of benzene rings is 1. The SMILES string of the molecule is CC(C)(C)OC(=O)N1CCC(CN2CCN(c3ccc(C4CCC(=O)NC4=O)cc3)CC2)CC1. The first-order valence-electron chi connectivity index (χ1n) is 12.6. The van der Waals surface area contributed by atoms with Gasteiger partial charge in [-0.2, -0.15) is 0 Å². The molecule has 0 aromatic heterocycles. The summed E-state index contributed by atoms with van der Waals surface area (Å²) in [5.41, 5.74) is 1.71. The number of piperidine rings is 2. The number of carbonyl (C=O) groups excluding carboxylic acids is 3. The van der Waals surface area contributed by atoms with Crippen LogP contribution in [0.1, 0.15) is 57.9 Å². The van der Waals surface area contributed by atoms with Gasteiger partial charge in [0, 0.05) is 57.9 Å². The Morgan fingerprint density at radius 2 is 1.62 bits per heavy atom. The van der Waals surface area contributed by atoms with Crippen LogP contribution in [0.25, 0.3) is 0 Å². The molecule has 0 spiro atoms.